The van der Waals surface area contributed by atoms with E-state index in [1.165, 1.54) is 17.0 Å². The maximum Gasteiger partial charge on any atom is 0.240 e. The van der Waals surface area contributed by atoms with Crippen molar-refractivity contribution in [2.24, 2.45) is 0 Å². The molecule has 0 saturated carbocycles. The molecular weight excluding hydrogens is 303 g/mol. The minimum absolute atomic E-state index is 0.00382. The highest BCUT2D eigenvalue weighted by molar-refractivity contribution is 6.37. The Labute approximate surface area is 125 Å². The van der Waals surface area contributed by atoms with Crippen LogP contribution in [-0.4, -0.2) is 41.6 Å². The number of piperazine rings is 1. The number of nitrogens with one attached hydrogen (secondary N) is 1. The van der Waals surface area contributed by atoms with E-state index in [0.29, 0.717) is 10.6 Å². The van der Waals surface area contributed by atoms with Gasteiger partial charge in [-0.15, -0.1) is 0 Å². The molecule has 1 aliphatic heterocycles. The number of ketones is 1. The summed E-state index contributed by atoms with van der Waals surface area (Å²) in [6, 6.07) is 3.97. The summed E-state index contributed by atoms with van der Waals surface area (Å²) in [7, 11) is 0. The van der Waals surface area contributed by atoms with E-state index in [1.54, 1.807) is 13.0 Å². The zero-order valence-electron chi connectivity index (χ0n) is 10.7. The van der Waals surface area contributed by atoms with E-state index in [0.717, 1.165) is 0 Å². The van der Waals surface area contributed by atoms with Crippen molar-refractivity contribution in [3.63, 3.8) is 0 Å². The summed E-state index contributed by atoms with van der Waals surface area (Å²) in [6.45, 7) is 1.65. The van der Waals surface area contributed by atoms with Crippen molar-refractivity contribution < 1.29 is 14.4 Å². The Morgan fingerprint density at radius 1 is 1.25 bits per heavy atom. The van der Waals surface area contributed by atoms with Gasteiger partial charge in [-0.2, -0.15) is 0 Å². The highest BCUT2D eigenvalue weighted by atomic mass is 35.5. The Morgan fingerprint density at radius 3 is 2.40 bits per heavy atom. The number of halogens is 2. The minimum Gasteiger partial charge on any atom is -0.294 e. The van der Waals surface area contributed by atoms with E-state index in [1.807, 2.05) is 0 Å². The fourth-order valence-electron chi connectivity index (χ4n) is 2.01. The molecule has 1 fully saturated rings. The van der Waals surface area contributed by atoms with Gasteiger partial charge in [0.15, 0.2) is 5.78 Å². The Bertz CT molecular complexity index is 573. The molecule has 1 unspecified atom stereocenters. The molecule has 1 N–H and O–H groups in total. The molecular formula is C13H12Cl2N2O3. The second-order valence-corrected chi connectivity index (χ2v) is 5.38. The first-order valence-electron chi connectivity index (χ1n) is 5.94. The Hall–Kier alpha value is -1.43. The van der Waals surface area contributed by atoms with Crippen molar-refractivity contribution in [3.05, 3.63) is 33.8 Å². The molecule has 7 heteroatoms. The Balaban J connectivity index is 2.19. The van der Waals surface area contributed by atoms with Crippen LogP contribution in [0.2, 0.25) is 10.0 Å². The van der Waals surface area contributed by atoms with Gasteiger partial charge in [-0.05, 0) is 25.1 Å². The zero-order valence-corrected chi connectivity index (χ0v) is 12.2. The molecule has 0 aromatic heterocycles. The van der Waals surface area contributed by atoms with Gasteiger partial charge in [0.25, 0.3) is 0 Å². The third-order valence-corrected chi connectivity index (χ3v) is 3.64. The van der Waals surface area contributed by atoms with Gasteiger partial charge in [-0.25, -0.2) is 0 Å². The molecule has 20 heavy (non-hydrogen) atoms. The number of imide groups is 1. The van der Waals surface area contributed by atoms with E-state index in [9.17, 15) is 14.4 Å². The molecule has 106 valence electrons. The molecule has 0 spiro atoms. The summed E-state index contributed by atoms with van der Waals surface area (Å²) in [5, 5.41) is 2.88. The molecule has 0 bridgehead atoms. The molecule has 2 rings (SSSR count). The van der Waals surface area contributed by atoms with Crippen LogP contribution in [0.5, 0.6) is 0 Å². The number of nitrogens with zero attached hydrogens (tertiary/aromatic N) is 1. The van der Waals surface area contributed by atoms with Gasteiger partial charge in [0.1, 0.15) is 0 Å². The molecule has 5 nitrogen and oxygen atoms in total. The maximum atomic E-state index is 12.4. The standard InChI is InChI=1S/C13H12Cl2N2O3/c1-7(17-5-11(18)16-12(19)6-17)13(20)9-3-2-8(14)4-10(9)15/h2-4,7H,5-6H2,1H3,(H,16,18,19). The van der Waals surface area contributed by atoms with Crippen LogP contribution in [0.1, 0.15) is 17.3 Å². The van der Waals surface area contributed by atoms with Crippen LogP contribution in [-0.2, 0) is 9.59 Å². The van der Waals surface area contributed by atoms with Crippen LogP contribution >= 0.6 is 23.2 Å². The van der Waals surface area contributed by atoms with Gasteiger partial charge in [0, 0.05) is 10.6 Å². The summed E-state index contributed by atoms with van der Waals surface area (Å²) in [5.74, 6) is -1.08. The summed E-state index contributed by atoms with van der Waals surface area (Å²) in [4.78, 5) is 36.5. The van der Waals surface area contributed by atoms with Crippen LogP contribution in [0.3, 0.4) is 0 Å². The van der Waals surface area contributed by atoms with Gasteiger partial charge < -0.3 is 0 Å². The van der Waals surface area contributed by atoms with Crippen molar-refractivity contribution in [2.45, 2.75) is 13.0 Å². The minimum atomic E-state index is -0.622. The largest absolute Gasteiger partial charge is 0.294 e. The van der Waals surface area contributed by atoms with E-state index in [-0.39, 0.29) is 23.9 Å². The fourth-order valence-corrected chi connectivity index (χ4v) is 2.52. The number of carbonyl (C=O) groups excluding carboxylic acids is 3. The maximum absolute atomic E-state index is 12.4. The summed E-state index contributed by atoms with van der Waals surface area (Å²) < 4.78 is 0. The highest BCUT2D eigenvalue weighted by Gasteiger charge is 2.30. The second kappa shape index (κ2) is 5.91. The number of Topliss-reactive ketones (excluding diaryl/α,β-unsaturated/α-hetero) is 1. The average Bonchev–Trinajstić information content (AvgIpc) is 2.36. The topological polar surface area (TPSA) is 66.5 Å². The number of rotatable bonds is 3. The molecule has 0 aliphatic carbocycles. The fraction of sp³-hybridized carbons (Fsp3) is 0.308. The third-order valence-electron chi connectivity index (χ3n) is 3.10. The van der Waals surface area contributed by atoms with Crippen molar-refractivity contribution in [2.75, 3.05) is 13.1 Å². The third kappa shape index (κ3) is 3.17. The summed E-state index contributed by atoms with van der Waals surface area (Å²) in [6.07, 6.45) is 0. The van der Waals surface area contributed by atoms with Gasteiger partial charge in [-0.3, -0.25) is 24.6 Å². The first-order valence-corrected chi connectivity index (χ1v) is 6.70. The number of carbonyl (C=O) groups is 3. The van der Waals surface area contributed by atoms with Crippen LogP contribution < -0.4 is 5.32 Å². The molecule has 1 aliphatic rings. The molecule has 1 heterocycles. The number of benzene rings is 1. The lowest BCUT2D eigenvalue weighted by Gasteiger charge is -2.30. The summed E-state index contributed by atoms with van der Waals surface area (Å²) in [5.41, 5.74) is 0.321. The average molecular weight is 315 g/mol. The Kier molecular flexibility index (Phi) is 4.42. The van der Waals surface area contributed by atoms with Crippen LogP contribution in [0.15, 0.2) is 18.2 Å². The van der Waals surface area contributed by atoms with Crippen LogP contribution in [0.4, 0.5) is 0 Å². The molecule has 2 amide bonds. The molecule has 1 atom stereocenters. The van der Waals surface area contributed by atoms with Crippen molar-refractivity contribution in [1.82, 2.24) is 10.2 Å². The lowest BCUT2D eigenvalue weighted by molar-refractivity contribution is -0.136. The SMILES string of the molecule is CC(C(=O)c1ccc(Cl)cc1Cl)N1CC(=O)NC(=O)C1. The number of hydrogen-bond acceptors (Lipinski definition) is 4. The normalized spacial score (nSPS) is 17.8. The quantitative estimate of drug-likeness (QED) is 0.678. The van der Waals surface area contributed by atoms with Crippen molar-refractivity contribution >= 4 is 40.8 Å². The lowest BCUT2D eigenvalue weighted by atomic mass is 10.0. The second-order valence-electron chi connectivity index (χ2n) is 4.54. The lowest BCUT2D eigenvalue weighted by Crippen LogP contribution is -2.55. The van der Waals surface area contributed by atoms with Gasteiger partial charge >= 0.3 is 0 Å². The van der Waals surface area contributed by atoms with Gasteiger partial charge in [-0.1, -0.05) is 23.2 Å². The highest BCUT2D eigenvalue weighted by Crippen LogP contribution is 2.23. The van der Waals surface area contributed by atoms with E-state index < -0.39 is 17.9 Å². The predicted octanol–water partition coefficient (Wildman–Crippen LogP) is 1.52. The van der Waals surface area contributed by atoms with E-state index >= 15 is 0 Å². The monoisotopic (exact) mass is 314 g/mol. The van der Waals surface area contributed by atoms with Crippen molar-refractivity contribution in [1.29, 1.82) is 0 Å². The van der Waals surface area contributed by atoms with E-state index in [2.05, 4.69) is 5.32 Å². The van der Waals surface area contributed by atoms with Crippen LogP contribution in [0.25, 0.3) is 0 Å². The first kappa shape index (κ1) is 15.0. The molecule has 1 aromatic rings. The number of amides is 2. The number of hydrogen-bond donors (Lipinski definition) is 1. The smallest absolute Gasteiger partial charge is 0.240 e. The summed E-state index contributed by atoms with van der Waals surface area (Å²) >= 11 is 11.8. The van der Waals surface area contributed by atoms with Crippen molar-refractivity contribution in [3.8, 4) is 0 Å². The first-order chi connectivity index (χ1) is 9.38. The van der Waals surface area contributed by atoms with Gasteiger partial charge in [0.05, 0.1) is 24.2 Å². The van der Waals surface area contributed by atoms with Crippen LogP contribution in [0, 0.1) is 0 Å². The predicted molar refractivity (Wildman–Crippen MR) is 75.0 cm³/mol. The Morgan fingerprint density at radius 2 is 1.85 bits per heavy atom. The zero-order chi connectivity index (χ0) is 14.9. The molecule has 0 radical (unpaired) electrons. The molecule has 1 aromatic carbocycles. The molecule has 1 saturated heterocycles. The van der Waals surface area contributed by atoms with E-state index in [4.69, 9.17) is 23.2 Å². The van der Waals surface area contributed by atoms with Gasteiger partial charge in [0.2, 0.25) is 11.8 Å².